The molecule has 0 aromatic heterocycles. The van der Waals surface area contributed by atoms with Gasteiger partial charge in [-0.3, -0.25) is 4.79 Å². The van der Waals surface area contributed by atoms with Crippen LogP contribution in [-0.4, -0.2) is 50.3 Å². The van der Waals surface area contributed by atoms with E-state index in [0.717, 1.165) is 26.1 Å². The molecule has 0 N–H and O–H groups in total. The van der Waals surface area contributed by atoms with Crippen LogP contribution in [0.25, 0.3) is 0 Å². The van der Waals surface area contributed by atoms with Gasteiger partial charge in [-0.25, -0.2) is 0 Å². The van der Waals surface area contributed by atoms with Gasteiger partial charge < -0.3 is 14.4 Å². The lowest BCUT2D eigenvalue weighted by Crippen LogP contribution is -2.36. The highest BCUT2D eigenvalue weighted by molar-refractivity contribution is 5.75. The van der Waals surface area contributed by atoms with E-state index in [4.69, 9.17) is 9.47 Å². The fourth-order valence-corrected chi connectivity index (χ4v) is 6.04. The Bertz CT molecular complexity index is 613. The van der Waals surface area contributed by atoms with Crippen molar-refractivity contribution in [2.75, 3.05) is 39.5 Å². The molecule has 47 heavy (non-hydrogen) atoms. The van der Waals surface area contributed by atoms with Crippen molar-refractivity contribution >= 4 is 5.91 Å². The summed E-state index contributed by atoms with van der Waals surface area (Å²) in [7, 11) is 0. The summed E-state index contributed by atoms with van der Waals surface area (Å²) in [6.45, 7) is 10.7. The Morgan fingerprint density at radius 3 is 1.02 bits per heavy atom. The van der Waals surface area contributed by atoms with Crippen LogP contribution < -0.4 is 0 Å². The molecule has 0 aliphatic heterocycles. The maximum Gasteiger partial charge on any atom is 0.222 e. The van der Waals surface area contributed by atoms with Gasteiger partial charge in [0.05, 0.1) is 13.2 Å². The van der Waals surface area contributed by atoms with Crippen LogP contribution in [0, 0.1) is 0 Å². The van der Waals surface area contributed by atoms with Crippen molar-refractivity contribution in [3.63, 3.8) is 0 Å². The number of carbonyl (C=O) groups is 1. The average Bonchev–Trinajstić information content (AvgIpc) is 3.09. The molecule has 0 heterocycles. The van der Waals surface area contributed by atoms with E-state index in [1.54, 1.807) is 0 Å². The van der Waals surface area contributed by atoms with Gasteiger partial charge in [-0.05, 0) is 64.2 Å². The highest BCUT2D eigenvalue weighted by Gasteiger charge is 2.11. The molecule has 0 aromatic rings. The smallest absolute Gasteiger partial charge is 0.222 e. The van der Waals surface area contributed by atoms with Gasteiger partial charge in [0.1, 0.15) is 0 Å². The van der Waals surface area contributed by atoms with Crippen molar-refractivity contribution in [1.29, 1.82) is 0 Å². The number of hydrogen-bond acceptors (Lipinski definition) is 3. The molecule has 0 saturated heterocycles. The highest BCUT2D eigenvalue weighted by atomic mass is 16.5. The molecule has 0 saturated carbocycles. The standard InChI is InChI=1S/C43H83NO3/c1-4-7-9-11-13-15-17-19-21-23-25-27-29-31-33-35-39-46-41-37-44(43(45)6-3)38-42-47-40-36-34-32-30-28-26-24-22-20-18-16-14-12-10-8-5-2/h19-22H,4-18,23-42H2,1-3H3/b21-19-,22-20-. The van der Waals surface area contributed by atoms with Crippen LogP contribution in [0.3, 0.4) is 0 Å². The van der Waals surface area contributed by atoms with Crippen molar-refractivity contribution in [1.82, 2.24) is 4.90 Å². The quantitative estimate of drug-likeness (QED) is 0.0486. The Labute approximate surface area is 295 Å². The average molecular weight is 662 g/mol. The summed E-state index contributed by atoms with van der Waals surface area (Å²) in [5, 5.41) is 0. The normalized spacial score (nSPS) is 11.8. The summed E-state index contributed by atoms with van der Waals surface area (Å²) < 4.78 is 11.7. The summed E-state index contributed by atoms with van der Waals surface area (Å²) in [6, 6.07) is 0. The minimum atomic E-state index is 0.201. The van der Waals surface area contributed by atoms with Crippen molar-refractivity contribution in [3.8, 4) is 0 Å². The molecule has 4 nitrogen and oxygen atoms in total. The number of allylic oxidation sites excluding steroid dienone is 4. The molecular weight excluding hydrogens is 578 g/mol. The lowest BCUT2D eigenvalue weighted by atomic mass is 10.1. The monoisotopic (exact) mass is 662 g/mol. The summed E-state index contributed by atoms with van der Waals surface area (Å²) in [4.78, 5) is 14.3. The molecule has 0 rings (SSSR count). The fourth-order valence-electron chi connectivity index (χ4n) is 6.04. The second-order valence-electron chi connectivity index (χ2n) is 13.8. The van der Waals surface area contributed by atoms with E-state index in [2.05, 4.69) is 38.2 Å². The van der Waals surface area contributed by atoms with Crippen LogP contribution >= 0.6 is 0 Å². The third kappa shape index (κ3) is 37.5. The third-order valence-corrected chi connectivity index (χ3v) is 9.27. The van der Waals surface area contributed by atoms with E-state index in [1.165, 1.54) is 167 Å². The summed E-state index contributed by atoms with van der Waals surface area (Å²) in [5.74, 6) is 0.201. The molecular formula is C43H83NO3. The highest BCUT2D eigenvalue weighted by Crippen LogP contribution is 2.12. The van der Waals surface area contributed by atoms with E-state index in [-0.39, 0.29) is 5.91 Å². The molecule has 0 aliphatic rings. The van der Waals surface area contributed by atoms with E-state index < -0.39 is 0 Å². The van der Waals surface area contributed by atoms with E-state index in [0.29, 0.717) is 32.7 Å². The first kappa shape index (κ1) is 45.9. The topological polar surface area (TPSA) is 38.8 Å². The van der Waals surface area contributed by atoms with Crippen LogP contribution in [0.5, 0.6) is 0 Å². The Morgan fingerprint density at radius 1 is 0.404 bits per heavy atom. The second kappa shape index (κ2) is 41.0. The first-order valence-corrected chi connectivity index (χ1v) is 21.0. The molecule has 0 radical (unpaired) electrons. The molecule has 0 unspecified atom stereocenters. The molecule has 0 atom stereocenters. The van der Waals surface area contributed by atoms with Crippen LogP contribution in [-0.2, 0) is 14.3 Å². The first-order chi connectivity index (χ1) is 23.3. The van der Waals surface area contributed by atoms with Crippen molar-refractivity contribution in [3.05, 3.63) is 24.3 Å². The lowest BCUT2D eigenvalue weighted by Gasteiger charge is -2.22. The first-order valence-electron chi connectivity index (χ1n) is 21.0. The van der Waals surface area contributed by atoms with E-state index >= 15 is 0 Å². The third-order valence-electron chi connectivity index (χ3n) is 9.27. The van der Waals surface area contributed by atoms with Crippen molar-refractivity contribution in [2.45, 2.75) is 207 Å². The van der Waals surface area contributed by atoms with Crippen LogP contribution in [0.15, 0.2) is 24.3 Å². The zero-order valence-electron chi connectivity index (χ0n) is 32.2. The number of nitrogens with zero attached hydrogens (tertiary/aromatic N) is 1. The minimum absolute atomic E-state index is 0.201. The largest absolute Gasteiger partial charge is 0.380 e. The summed E-state index contributed by atoms with van der Waals surface area (Å²) in [6.07, 6.45) is 47.2. The summed E-state index contributed by atoms with van der Waals surface area (Å²) >= 11 is 0. The zero-order chi connectivity index (χ0) is 34.1. The number of unbranched alkanes of at least 4 members (excludes halogenated alkanes) is 24. The van der Waals surface area contributed by atoms with Crippen molar-refractivity contribution in [2.24, 2.45) is 0 Å². The molecule has 4 heteroatoms. The number of amides is 1. The van der Waals surface area contributed by atoms with Gasteiger partial charge in [0.25, 0.3) is 0 Å². The van der Waals surface area contributed by atoms with Crippen molar-refractivity contribution < 1.29 is 14.3 Å². The maximum absolute atomic E-state index is 12.4. The van der Waals surface area contributed by atoms with Crippen LogP contribution in [0.1, 0.15) is 207 Å². The van der Waals surface area contributed by atoms with E-state index in [1.807, 2.05) is 11.8 Å². The van der Waals surface area contributed by atoms with Gasteiger partial charge in [-0.15, -0.1) is 0 Å². The van der Waals surface area contributed by atoms with Gasteiger partial charge in [0, 0.05) is 32.7 Å². The molecule has 0 spiro atoms. The summed E-state index contributed by atoms with van der Waals surface area (Å²) in [5.41, 5.74) is 0. The Hall–Kier alpha value is -1.13. The predicted molar refractivity (Wildman–Crippen MR) is 207 cm³/mol. The number of hydrogen-bond donors (Lipinski definition) is 0. The van der Waals surface area contributed by atoms with Crippen LogP contribution in [0.2, 0.25) is 0 Å². The van der Waals surface area contributed by atoms with E-state index in [9.17, 15) is 4.79 Å². The van der Waals surface area contributed by atoms with Gasteiger partial charge in [0.15, 0.2) is 0 Å². The van der Waals surface area contributed by atoms with Gasteiger partial charge in [0.2, 0.25) is 5.91 Å². The molecule has 0 aromatic carbocycles. The molecule has 1 amide bonds. The van der Waals surface area contributed by atoms with Gasteiger partial charge >= 0.3 is 0 Å². The number of rotatable bonds is 39. The molecule has 0 fully saturated rings. The van der Waals surface area contributed by atoms with Gasteiger partial charge in [-0.1, -0.05) is 161 Å². The van der Waals surface area contributed by atoms with Gasteiger partial charge in [-0.2, -0.15) is 0 Å². The Morgan fingerprint density at radius 2 is 0.702 bits per heavy atom. The predicted octanol–water partition coefficient (Wildman–Crippen LogP) is 13.3. The fraction of sp³-hybridized carbons (Fsp3) is 0.884. The molecule has 278 valence electrons. The Kier molecular flexibility index (Phi) is 40.1. The minimum Gasteiger partial charge on any atom is -0.380 e. The number of ether oxygens (including phenoxy) is 2. The Balaban J connectivity index is 3.51. The molecule has 0 aliphatic carbocycles. The maximum atomic E-state index is 12.4. The second-order valence-corrected chi connectivity index (χ2v) is 13.8. The van der Waals surface area contributed by atoms with Crippen LogP contribution in [0.4, 0.5) is 0 Å². The molecule has 0 bridgehead atoms. The lowest BCUT2D eigenvalue weighted by molar-refractivity contribution is -0.132. The zero-order valence-corrected chi connectivity index (χ0v) is 32.2. The SMILES string of the molecule is CCCCCCCC/C=C\CCCCCCCCOCCN(CCOCCCCCCCC/C=C\CCCCCCCC)C(=O)CC. The number of carbonyl (C=O) groups excluding carboxylic acids is 1.